The summed E-state index contributed by atoms with van der Waals surface area (Å²) in [7, 11) is 1.63. The normalized spacial score (nSPS) is 21.9. The van der Waals surface area contributed by atoms with Crippen molar-refractivity contribution in [2.45, 2.75) is 12.3 Å². The molecule has 1 saturated heterocycles. The van der Waals surface area contributed by atoms with Crippen LogP contribution in [-0.2, 0) is 0 Å². The largest absolute Gasteiger partial charge is 0.495 e. The fourth-order valence-corrected chi connectivity index (χ4v) is 2.78. The van der Waals surface area contributed by atoms with Gasteiger partial charge in [0.15, 0.2) is 11.5 Å². The van der Waals surface area contributed by atoms with E-state index in [2.05, 4.69) is 5.32 Å². The van der Waals surface area contributed by atoms with E-state index in [0.29, 0.717) is 16.7 Å². The van der Waals surface area contributed by atoms with Gasteiger partial charge in [-0.3, -0.25) is 0 Å². The van der Waals surface area contributed by atoms with Gasteiger partial charge < -0.3 is 19.5 Å². The molecule has 4 nitrogen and oxygen atoms in total. The maximum absolute atomic E-state index is 6.21. The predicted octanol–water partition coefficient (Wildman–Crippen LogP) is 2.15. The highest BCUT2D eigenvalue weighted by Crippen LogP contribution is 2.49. The monoisotopic (exact) mass is 255 g/mol. The lowest BCUT2D eigenvalue weighted by Crippen LogP contribution is -2.09. The molecule has 1 fully saturated rings. The third kappa shape index (κ3) is 1.72. The number of ether oxygens (including phenoxy) is 3. The first kappa shape index (κ1) is 11.0. The molecule has 0 radical (unpaired) electrons. The molecule has 92 valence electrons. The summed E-state index contributed by atoms with van der Waals surface area (Å²) in [5.41, 5.74) is 1.04. The minimum Gasteiger partial charge on any atom is -0.495 e. The van der Waals surface area contributed by atoms with Crippen LogP contribution in [0.4, 0.5) is 0 Å². The quantitative estimate of drug-likeness (QED) is 0.879. The Labute approximate surface area is 105 Å². The second-order valence-electron chi connectivity index (χ2n) is 4.23. The van der Waals surface area contributed by atoms with Crippen LogP contribution in [0.5, 0.6) is 17.2 Å². The first-order valence-corrected chi connectivity index (χ1v) is 6.05. The summed E-state index contributed by atoms with van der Waals surface area (Å²) in [5, 5.41) is 3.92. The maximum Gasteiger partial charge on any atom is 0.231 e. The van der Waals surface area contributed by atoms with Crippen LogP contribution in [0, 0.1) is 0 Å². The molecular weight excluding hydrogens is 242 g/mol. The van der Waals surface area contributed by atoms with E-state index in [0.717, 1.165) is 36.6 Å². The highest BCUT2D eigenvalue weighted by atomic mass is 35.5. The zero-order valence-electron chi connectivity index (χ0n) is 9.59. The van der Waals surface area contributed by atoms with Crippen LogP contribution in [0.3, 0.4) is 0 Å². The lowest BCUT2D eigenvalue weighted by Gasteiger charge is -2.17. The summed E-state index contributed by atoms with van der Waals surface area (Å²) in [6, 6.07) is 1.76. The van der Waals surface area contributed by atoms with Gasteiger partial charge in [0.05, 0.1) is 12.1 Å². The molecule has 0 amide bonds. The van der Waals surface area contributed by atoms with Gasteiger partial charge in [-0.15, -0.1) is 0 Å². The van der Waals surface area contributed by atoms with Crippen molar-refractivity contribution >= 4 is 11.6 Å². The molecule has 1 atom stereocenters. The first-order valence-electron chi connectivity index (χ1n) is 5.68. The number of benzene rings is 1. The van der Waals surface area contributed by atoms with Crippen molar-refractivity contribution in [1.29, 1.82) is 0 Å². The van der Waals surface area contributed by atoms with Crippen molar-refractivity contribution in [3.8, 4) is 17.2 Å². The molecule has 3 rings (SSSR count). The van der Waals surface area contributed by atoms with E-state index in [4.69, 9.17) is 25.8 Å². The zero-order chi connectivity index (χ0) is 11.8. The highest BCUT2D eigenvalue weighted by molar-refractivity contribution is 6.32. The molecule has 1 N–H and O–H groups in total. The molecule has 1 unspecified atom stereocenters. The number of fused-ring (bicyclic) bond motifs is 1. The van der Waals surface area contributed by atoms with Gasteiger partial charge in [-0.2, -0.15) is 0 Å². The molecule has 17 heavy (non-hydrogen) atoms. The summed E-state index contributed by atoms with van der Waals surface area (Å²) in [6.45, 7) is 2.19. The van der Waals surface area contributed by atoms with Gasteiger partial charge in [0.1, 0.15) is 5.75 Å². The molecular formula is C12H14ClNO3. The van der Waals surface area contributed by atoms with Crippen molar-refractivity contribution in [2.24, 2.45) is 0 Å². The third-order valence-electron chi connectivity index (χ3n) is 3.28. The van der Waals surface area contributed by atoms with E-state index >= 15 is 0 Å². The summed E-state index contributed by atoms with van der Waals surface area (Å²) in [6.07, 6.45) is 1.06. The topological polar surface area (TPSA) is 39.7 Å². The Morgan fingerprint density at radius 1 is 1.47 bits per heavy atom. The fraction of sp³-hybridized carbons (Fsp3) is 0.500. The summed E-state index contributed by atoms with van der Waals surface area (Å²) in [4.78, 5) is 0. The third-order valence-corrected chi connectivity index (χ3v) is 3.56. The molecule has 0 aromatic heterocycles. The van der Waals surface area contributed by atoms with Crippen molar-refractivity contribution in [3.63, 3.8) is 0 Å². The molecule has 1 aromatic rings. The molecule has 5 heteroatoms. The number of hydrogen-bond acceptors (Lipinski definition) is 4. The van der Waals surface area contributed by atoms with E-state index in [1.165, 1.54) is 0 Å². The van der Waals surface area contributed by atoms with Crippen LogP contribution in [0.15, 0.2) is 6.07 Å². The second kappa shape index (κ2) is 4.27. The molecule has 0 saturated carbocycles. The molecule has 0 spiro atoms. The smallest absolute Gasteiger partial charge is 0.231 e. The number of rotatable bonds is 2. The molecule has 0 aliphatic carbocycles. The van der Waals surface area contributed by atoms with Crippen LogP contribution in [0.25, 0.3) is 0 Å². The van der Waals surface area contributed by atoms with Crippen LogP contribution in [0.1, 0.15) is 17.9 Å². The van der Waals surface area contributed by atoms with Crippen LogP contribution < -0.4 is 19.5 Å². The van der Waals surface area contributed by atoms with E-state index in [1.807, 2.05) is 0 Å². The van der Waals surface area contributed by atoms with Gasteiger partial charge in [0.2, 0.25) is 6.79 Å². The van der Waals surface area contributed by atoms with Gasteiger partial charge in [0, 0.05) is 24.1 Å². The average Bonchev–Trinajstić information content (AvgIpc) is 2.97. The van der Waals surface area contributed by atoms with Gasteiger partial charge in [0.25, 0.3) is 0 Å². The Bertz CT molecular complexity index is 440. The number of halogens is 1. The second-order valence-corrected chi connectivity index (χ2v) is 4.64. The van der Waals surface area contributed by atoms with Crippen LogP contribution in [0.2, 0.25) is 5.02 Å². The number of hydrogen-bond donors (Lipinski definition) is 1. The molecule has 2 heterocycles. The predicted molar refractivity (Wildman–Crippen MR) is 64.4 cm³/mol. The number of nitrogens with one attached hydrogen (secondary N) is 1. The lowest BCUT2D eigenvalue weighted by atomic mass is 9.96. The van der Waals surface area contributed by atoms with Crippen molar-refractivity contribution < 1.29 is 14.2 Å². The summed E-state index contributed by atoms with van der Waals surface area (Å²) in [5.74, 6) is 2.60. The molecule has 2 aliphatic rings. The summed E-state index contributed by atoms with van der Waals surface area (Å²) >= 11 is 6.21. The molecule has 2 aliphatic heterocycles. The average molecular weight is 256 g/mol. The minimum atomic E-state index is 0.256. The maximum atomic E-state index is 6.21. The van der Waals surface area contributed by atoms with Crippen LogP contribution >= 0.6 is 11.6 Å². The minimum absolute atomic E-state index is 0.256. The van der Waals surface area contributed by atoms with E-state index in [9.17, 15) is 0 Å². The van der Waals surface area contributed by atoms with E-state index < -0.39 is 0 Å². The molecule has 1 aromatic carbocycles. The lowest BCUT2D eigenvalue weighted by molar-refractivity contribution is 0.173. The Hall–Kier alpha value is -1.13. The highest BCUT2D eigenvalue weighted by Gasteiger charge is 2.31. The van der Waals surface area contributed by atoms with Crippen molar-refractivity contribution in [1.82, 2.24) is 5.32 Å². The SMILES string of the molecule is COc1c(Cl)cc2c(c1C1CCNC1)OCO2. The standard InChI is InChI=1S/C12H14ClNO3/c1-15-11-8(13)4-9-12(17-6-16-9)10(11)7-2-3-14-5-7/h4,7,14H,2-3,5-6H2,1H3. The van der Waals surface area contributed by atoms with E-state index in [1.54, 1.807) is 13.2 Å². The Morgan fingerprint density at radius 3 is 3.06 bits per heavy atom. The first-order chi connectivity index (χ1) is 8.31. The fourth-order valence-electron chi connectivity index (χ4n) is 2.50. The Kier molecular flexibility index (Phi) is 2.76. The van der Waals surface area contributed by atoms with Crippen molar-refractivity contribution in [3.05, 3.63) is 16.7 Å². The number of methoxy groups -OCH3 is 1. The van der Waals surface area contributed by atoms with Crippen LogP contribution in [-0.4, -0.2) is 27.0 Å². The Morgan fingerprint density at radius 2 is 2.35 bits per heavy atom. The van der Waals surface area contributed by atoms with Gasteiger partial charge in [-0.05, 0) is 13.0 Å². The van der Waals surface area contributed by atoms with Gasteiger partial charge >= 0.3 is 0 Å². The Balaban J connectivity index is 2.15. The van der Waals surface area contributed by atoms with Gasteiger partial charge in [-0.25, -0.2) is 0 Å². The van der Waals surface area contributed by atoms with E-state index in [-0.39, 0.29) is 6.79 Å². The molecule has 0 bridgehead atoms. The zero-order valence-corrected chi connectivity index (χ0v) is 10.3. The van der Waals surface area contributed by atoms with Gasteiger partial charge in [-0.1, -0.05) is 11.6 Å². The summed E-state index contributed by atoms with van der Waals surface area (Å²) < 4.78 is 16.4. The van der Waals surface area contributed by atoms with Crippen molar-refractivity contribution in [2.75, 3.05) is 27.0 Å².